The second kappa shape index (κ2) is 6.42. The van der Waals surface area contributed by atoms with Gasteiger partial charge in [-0.2, -0.15) is 0 Å². The highest BCUT2D eigenvalue weighted by Gasteiger charge is 2.31. The van der Waals surface area contributed by atoms with E-state index in [1.54, 1.807) is 6.07 Å². The van der Waals surface area contributed by atoms with E-state index in [-0.39, 0.29) is 11.7 Å². The summed E-state index contributed by atoms with van der Waals surface area (Å²) in [7, 11) is 0. The Kier molecular flexibility index (Phi) is 4.57. The lowest BCUT2D eigenvalue weighted by Crippen LogP contribution is -2.49. The largest absolute Gasteiger partial charge is 0.337 e. The number of nitrogens with zero attached hydrogens (tertiary/aromatic N) is 2. The average Bonchev–Trinajstić information content (AvgIpc) is 3.00. The molecule has 2 saturated heterocycles. The molecule has 0 bridgehead atoms. The van der Waals surface area contributed by atoms with Crippen molar-refractivity contribution in [1.29, 1.82) is 0 Å². The van der Waals surface area contributed by atoms with Crippen molar-refractivity contribution in [3.8, 4) is 0 Å². The van der Waals surface area contributed by atoms with Gasteiger partial charge in [0.2, 0.25) is 0 Å². The van der Waals surface area contributed by atoms with Crippen LogP contribution in [-0.4, -0.2) is 61.0 Å². The molecule has 114 valence electrons. The number of benzene rings is 1. The molecule has 1 aromatic carbocycles. The molecule has 2 aliphatic heterocycles. The summed E-state index contributed by atoms with van der Waals surface area (Å²) in [6, 6.07) is 4.69. The summed E-state index contributed by atoms with van der Waals surface area (Å²) in [5.41, 5.74) is 0.413. The molecule has 21 heavy (non-hydrogen) atoms. The van der Waals surface area contributed by atoms with Crippen molar-refractivity contribution < 1.29 is 9.18 Å². The van der Waals surface area contributed by atoms with Crippen LogP contribution in [0.25, 0.3) is 0 Å². The molecule has 0 aliphatic carbocycles. The number of hydrogen-bond acceptors (Lipinski definition) is 3. The monoisotopic (exact) mass is 355 g/mol. The standard InChI is InChI=1S/C15H19BrFN3O/c16-14-2-1-11(17)9-13(14)15(21)20-6-3-12(10-20)19-7-4-18-5-8-19/h1-2,9,12,18H,3-8,10H2. The van der Waals surface area contributed by atoms with Crippen molar-refractivity contribution in [3.05, 3.63) is 34.1 Å². The van der Waals surface area contributed by atoms with Gasteiger partial charge in [0.25, 0.3) is 5.91 Å². The molecule has 6 heteroatoms. The second-order valence-corrected chi connectivity index (χ2v) is 6.46. The van der Waals surface area contributed by atoms with Crippen LogP contribution in [0.5, 0.6) is 0 Å². The van der Waals surface area contributed by atoms with Crippen LogP contribution in [0.4, 0.5) is 4.39 Å². The predicted octanol–water partition coefficient (Wildman–Crippen LogP) is 1.71. The molecule has 1 unspecified atom stereocenters. The Morgan fingerprint density at radius 3 is 2.81 bits per heavy atom. The summed E-state index contributed by atoms with van der Waals surface area (Å²) in [6.45, 7) is 5.59. The quantitative estimate of drug-likeness (QED) is 0.877. The minimum atomic E-state index is -0.376. The third-order valence-electron chi connectivity index (χ3n) is 4.28. The van der Waals surface area contributed by atoms with E-state index >= 15 is 0 Å². The second-order valence-electron chi connectivity index (χ2n) is 5.60. The van der Waals surface area contributed by atoms with E-state index in [9.17, 15) is 9.18 Å². The van der Waals surface area contributed by atoms with Crippen LogP contribution < -0.4 is 5.32 Å². The number of piperazine rings is 1. The van der Waals surface area contributed by atoms with Crippen LogP contribution in [0.15, 0.2) is 22.7 Å². The van der Waals surface area contributed by atoms with Gasteiger partial charge in [-0.1, -0.05) is 0 Å². The Morgan fingerprint density at radius 1 is 1.29 bits per heavy atom. The molecule has 3 rings (SSSR count). The van der Waals surface area contributed by atoms with Crippen molar-refractivity contribution >= 4 is 21.8 Å². The van der Waals surface area contributed by atoms with Gasteiger partial charge in [-0.05, 0) is 40.5 Å². The zero-order valence-electron chi connectivity index (χ0n) is 11.8. The number of rotatable bonds is 2. The van der Waals surface area contributed by atoms with E-state index in [1.165, 1.54) is 12.1 Å². The van der Waals surface area contributed by atoms with Crippen LogP contribution in [0.1, 0.15) is 16.8 Å². The lowest BCUT2D eigenvalue weighted by atomic mass is 10.2. The first kappa shape index (κ1) is 14.9. The highest BCUT2D eigenvalue weighted by molar-refractivity contribution is 9.10. The summed E-state index contributed by atoms with van der Waals surface area (Å²) >= 11 is 3.34. The van der Waals surface area contributed by atoms with Crippen LogP contribution in [0.2, 0.25) is 0 Å². The lowest BCUT2D eigenvalue weighted by molar-refractivity contribution is 0.0772. The SMILES string of the molecule is O=C(c1cc(F)ccc1Br)N1CCC(N2CCNCC2)C1. The first-order valence-corrected chi connectivity index (χ1v) is 8.13. The summed E-state index contributed by atoms with van der Waals surface area (Å²) in [5, 5.41) is 3.34. The summed E-state index contributed by atoms with van der Waals surface area (Å²) in [4.78, 5) is 16.8. The number of likely N-dealkylation sites (tertiary alicyclic amines) is 1. The molecule has 1 N–H and O–H groups in total. The van der Waals surface area contributed by atoms with Crippen LogP contribution >= 0.6 is 15.9 Å². The van der Waals surface area contributed by atoms with Crippen LogP contribution in [0.3, 0.4) is 0 Å². The maximum absolute atomic E-state index is 13.4. The lowest BCUT2D eigenvalue weighted by Gasteiger charge is -2.32. The van der Waals surface area contributed by atoms with Gasteiger partial charge >= 0.3 is 0 Å². The molecule has 0 radical (unpaired) electrons. The van der Waals surface area contributed by atoms with Crippen LogP contribution in [-0.2, 0) is 0 Å². The Bertz CT molecular complexity index is 534. The van der Waals surface area contributed by atoms with E-state index in [4.69, 9.17) is 0 Å². The Balaban J connectivity index is 1.67. The van der Waals surface area contributed by atoms with Gasteiger partial charge in [0.1, 0.15) is 5.82 Å². The minimum Gasteiger partial charge on any atom is -0.337 e. The molecule has 2 fully saturated rings. The van der Waals surface area contributed by atoms with E-state index in [2.05, 4.69) is 26.1 Å². The number of carbonyl (C=O) groups excluding carboxylic acids is 1. The first-order valence-electron chi connectivity index (χ1n) is 7.34. The zero-order chi connectivity index (χ0) is 14.8. The van der Waals surface area contributed by atoms with Gasteiger partial charge in [-0.25, -0.2) is 4.39 Å². The smallest absolute Gasteiger partial charge is 0.255 e. The van der Waals surface area contributed by atoms with Crippen molar-refractivity contribution in [2.45, 2.75) is 12.5 Å². The number of amides is 1. The van der Waals surface area contributed by atoms with Gasteiger partial charge in [-0.15, -0.1) is 0 Å². The van der Waals surface area contributed by atoms with Gasteiger partial charge in [0.15, 0.2) is 0 Å². The molecule has 0 aromatic heterocycles. The molecule has 1 atom stereocenters. The Morgan fingerprint density at radius 2 is 2.05 bits per heavy atom. The van der Waals surface area contributed by atoms with Gasteiger partial charge in [-0.3, -0.25) is 9.69 Å². The fourth-order valence-corrected chi connectivity index (χ4v) is 3.52. The number of halogens is 2. The summed E-state index contributed by atoms with van der Waals surface area (Å²) in [6.07, 6.45) is 0.999. The third kappa shape index (κ3) is 3.27. The highest BCUT2D eigenvalue weighted by Crippen LogP contribution is 2.23. The molecule has 0 saturated carbocycles. The third-order valence-corrected chi connectivity index (χ3v) is 4.97. The molecule has 2 aliphatic rings. The van der Waals surface area contributed by atoms with Gasteiger partial charge in [0.05, 0.1) is 5.56 Å². The normalized spacial score (nSPS) is 23.5. The zero-order valence-corrected chi connectivity index (χ0v) is 13.4. The Labute approximate surface area is 132 Å². The fourth-order valence-electron chi connectivity index (χ4n) is 3.10. The first-order chi connectivity index (χ1) is 10.1. The Hall–Kier alpha value is -0.980. The van der Waals surface area contributed by atoms with Crippen molar-refractivity contribution in [3.63, 3.8) is 0 Å². The average molecular weight is 356 g/mol. The van der Waals surface area contributed by atoms with E-state index in [0.29, 0.717) is 16.1 Å². The number of nitrogens with one attached hydrogen (secondary N) is 1. The van der Waals surface area contributed by atoms with Crippen molar-refractivity contribution in [2.75, 3.05) is 39.3 Å². The topological polar surface area (TPSA) is 35.6 Å². The highest BCUT2D eigenvalue weighted by atomic mass is 79.9. The van der Waals surface area contributed by atoms with E-state index in [0.717, 1.165) is 45.7 Å². The van der Waals surface area contributed by atoms with Crippen molar-refractivity contribution in [2.24, 2.45) is 0 Å². The molecule has 4 nitrogen and oxygen atoms in total. The van der Waals surface area contributed by atoms with Crippen molar-refractivity contribution in [1.82, 2.24) is 15.1 Å². The van der Waals surface area contributed by atoms with E-state index < -0.39 is 0 Å². The molecule has 1 amide bonds. The maximum atomic E-state index is 13.4. The molecule has 0 spiro atoms. The maximum Gasteiger partial charge on any atom is 0.255 e. The minimum absolute atomic E-state index is 0.0843. The molecular formula is C15H19BrFN3O. The summed E-state index contributed by atoms with van der Waals surface area (Å²) < 4.78 is 14.0. The molecule has 2 heterocycles. The fraction of sp³-hybridized carbons (Fsp3) is 0.533. The molecular weight excluding hydrogens is 337 g/mol. The van der Waals surface area contributed by atoms with Crippen LogP contribution in [0, 0.1) is 5.82 Å². The van der Waals surface area contributed by atoms with Gasteiger partial charge in [0, 0.05) is 49.8 Å². The predicted molar refractivity (Wildman–Crippen MR) is 82.9 cm³/mol. The van der Waals surface area contributed by atoms with E-state index in [1.807, 2.05) is 4.90 Å². The number of hydrogen-bond donors (Lipinski definition) is 1. The molecule has 1 aromatic rings. The van der Waals surface area contributed by atoms with Gasteiger partial charge < -0.3 is 10.2 Å². The summed E-state index contributed by atoms with van der Waals surface area (Å²) in [5.74, 6) is -0.460. The number of carbonyl (C=O) groups is 1.